The van der Waals surface area contributed by atoms with Gasteiger partial charge in [0.2, 0.25) is 5.78 Å². The molecular formula is C15H11BrClNO4. The molecule has 2 rings (SSSR count). The van der Waals surface area contributed by atoms with Crippen molar-refractivity contribution in [3.63, 3.8) is 0 Å². The Morgan fingerprint density at radius 2 is 1.91 bits per heavy atom. The van der Waals surface area contributed by atoms with E-state index >= 15 is 0 Å². The van der Waals surface area contributed by atoms with Gasteiger partial charge in [-0.05, 0) is 25.1 Å². The topological polar surface area (TPSA) is 69.4 Å². The number of nitro groups is 1. The second kappa shape index (κ2) is 6.89. The number of ether oxygens (including phenoxy) is 1. The zero-order valence-electron chi connectivity index (χ0n) is 11.5. The van der Waals surface area contributed by atoms with Gasteiger partial charge in [-0.2, -0.15) is 0 Å². The molecule has 0 amide bonds. The number of hydrogen-bond acceptors (Lipinski definition) is 4. The molecule has 0 spiro atoms. The van der Waals surface area contributed by atoms with Gasteiger partial charge in [0.25, 0.3) is 5.69 Å². The fourth-order valence-corrected chi connectivity index (χ4v) is 2.28. The summed E-state index contributed by atoms with van der Waals surface area (Å²) in [6.07, 6.45) is -0.764. The van der Waals surface area contributed by atoms with Crippen molar-refractivity contribution in [3.8, 4) is 5.75 Å². The molecule has 0 heterocycles. The Morgan fingerprint density at radius 1 is 1.27 bits per heavy atom. The van der Waals surface area contributed by atoms with E-state index in [-0.39, 0.29) is 22.2 Å². The van der Waals surface area contributed by atoms with Crippen LogP contribution >= 0.6 is 27.5 Å². The Balaban J connectivity index is 2.14. The van der Waals surface area contributed by atoms with Crippen LogP contribution in [0.5, 0.6) is 5.75 Å². The molecule has 114 valence electrons. The van der Waals surface area contributed by atoms with Crippen LogP contribution in [0, 0.1) is 10.1 Å². The average molecular weight is 385 g/mol. The molecule has 0 aliphatic heterocycles. The van der Waals surface area contributed by atoms with Gasteiger partial charge < -0.3 is 4.74 Å². The summed E-state index contributed by atoms with van der Waals surface area (Å²) in [7, 11) is 0. The Kier molecular flexibility index (Phi) is 5.15. The first-order valence-corrected chi connectivity index (χ1v) is 7.46. The molecule has 0 saturated heterocycles. The molecule has 0 fully saturated rings. The molecular weight excluding hydrogens is 374 g/mol. The van der Waals surface area contributed by atoms with E-state index in [2.05, 4.69) is 15.9 Å². The highest BCUT2D eigenvalue weighted by Crippen LogP contribution is 2.29. The molecule has 1 atom stereocenters. The highest BCUT2D eigenvalue weighted by Gasteiger charge is 2.19. The van der Waals surface area contributed by atoms with Crippen molar-refractivity contribution in [3.05, 3.63) is 67.6 Å². The summed E-state index contributed by atoms with van der Waals surface area (Å²) in [5, 5.41) is 10.7. The summed E-state index contributed by atoms with van der Waals surface area (Å²) in [5.74, 6) is 0.0205. The average Bonchev–Trinajstić information content (AvgIpc) is 2.49. The molecule has 0 bridgehead atoms. The number of nitrogens with zero attached hydrogens (tertiary/aromatic N) is 1. The summed E-state index contributed by atoms with van der Waals surface area (Å²) in [5.41, 5.74) is 0.373. The fraction of sp³-hybridized carbons (Fsp3) is 0.133. The first-order valence-electron chi connectivity index (χ1n) is 6.29. The zero-order chi connectivity index (χ0) is 16.3. The van der Waals surface area contributed by atoms with E-state index in [9.17, 15) is 14.9 Å². The van der Waals surface area contributed by atoms with E-state index < -0.39 is 11.0 Å². The Morgan fingerprint density at radius 3 is 2.45 bits per heavy atom. The minimum absolute atomic E-state index is 0.0876. The first-order chi connectivity index (χ1) is 10.4. The Labute approximate surface area is 140 Å². The number of carbonyl (C=O) groups excluding carboxylic acids is 1. The fourth-order valence-electron chi connectivity index (χ4n) is 1.79. The van der Waals surface area contributed by atoms with E-state index in [0.29, 0.717) is 5.56 Å². The quantitative estimate of drug-likeness (QED) is 0.427. The monoisotopic (exact) mass is 383 g/mol. The second-order valence-electron chi connectivity index (χ2n) is 4.50. The van der Waals surface area contributed by atoms with Crippen LogP contribution in [0.1, 0.15) is 17.3 Å². The van der Waals surface area contributed by atoms with Crippen LogP contribution in [0.4, 0.5) is 5.69 Å². The van der Waals surface area contributed by atoms with Crippen LogP contribution in [-0.2, 0) is 0 Å². The van der Waals surface area contributed by atoms with Crippen molar-refractivity contribution >= 4 is 39.0 Å². The molecule has 0 aromatic heterocycles. The van der Waals surface area contributed by atoms with Crippen LogP contribution < -0.4 is 4.74 Å². The summed E-state index contributed by atoms with van der Waals surface area (Å²) in [4.78, 5) is 22.4. The minimum atomic E-state index is -0.764. The van der Waals surface area contributed by atoms with Crippen molar-refractivity contribution in [2.45, 2.75) is 13.0 Å². The number of rotatable bonds is 5. The van der Waals surface area contributed by atoms with Crippen molar-refractivity contribution in [2.75, 3.05) is 0 Å². The standard InChI is InChI=1S/C15H11BrClNO4/c1-9(15(19)10-2-4-11(16)5-3-10)22-14-7-6-12(18(20)21)8-13(14)17/h2-9H,1H3/t9-/m0/s1. The van der Waals surface area contributed by atoms with Gasteiger partial charge in [-0.25, -0.2) is 0 Å². The number of non-ortho nitro benzene ring substituents is 1. The Bertz CT molecular complexity index is 718. The molecule has 0 aliphatic carbocycles. The van der Waals surface area contributed by atoms with E-state index in [0.717, 1.165) is 4.47 Å². The van der Waals surface area contributed by atoms with Crippen LogP contribution in [0.3, 0.4) is 0 Å². The van der Waals surface area contributed by atoms with E-state index in [1.165, 1.54) is 18.2 Å². The number of benzene rings is 2. The Hall–Kier alpha value is -1.92. The van der Waals surface area contributed by atoms with Crippen LogP contribution in [0.15, 0.2) is 46.9 Å². The molecule has 2 aromatic carbocycles. The van der Waals surface area contributed by atoms with Crippen molar-refractivity contribution in [2.24, 2.45) is 0 Å². The molecule has 0 saturated carbocycles. The lowest BCUT2D eigenvalue weighted by Crippen LogP contribution is -2.24. The largest absolute Gasteiger partial charge is 0.481 e. The molecule has 5 nitrogen and oxygen atoms in total. The summed E-state index contributed by atoms with van der Waals surface area (Å²) < 4.78 is 6.38. The molecule has 0 aliphatic rings. The van der Waals surface area contributed by atoms with Gasteiger partial charge in [0.1, 0.15) is 5.75 Å². The number of carbonyl (C=O) groups is 1. The van der Waals surface area contributed by atoms with E-state index in [1.54, 1.807) is 31.2 Å². The van der Waals surface area contributed by atoms with Crippen molar-refractivity contribution < 1.29 is 14.5 Å². The number of nitro benzene ring substituents is 1. The molecule has 0 unspecified atom stereocenters. The second-order valence-corrected chi connectivity index (χ2v) is 5.83. The lowest BCUT2D eigenvalue weighted by atomic mass is 10.1. The minimum Gasteiger partial charge on any atom is -0.481 e. The van der Waals surface area contributed by atoms with Crippen LogP contribution in [-0.4, -0.2) is 16.8 Å². The summed E-state index contributed by atoms with van der Waals surface area (Å²) >= 11 is 9.24. The van der Waals surface area contributed by atoms with Crippen LogP contribution in [0.25, 0.3) is 0 Å². The van der Waals surface area contributed by atoms with Gasteiger partial charge in [-0.3, -0.25) is 14.9 Å². The van der Waals surface area contributed by atoms with Gasteiger partial charge in [0, 0.05) is 22.2 Å². The summed E-state index contributed by atoms with van der Waals surface area (Å²) in [6.45, 7) is 1.60. The molecule has 22 heavy (non-hydrogen) atoms. The highest BCUT2D eigenvalue weighted by atomic mass is 79.9. The smallest absolute Gasteiger partial charge is 0.271 e. The van der Waals surface area contributed by atoms with Gasteiger partial charge >= 0.3 is 0 Å². The number of halogens is 2. The maximum Gasteiger partial charge on any atom is 0.271 e. The predicted molar refractivity (Wildman–Crippen MR) is 86.7 cm³/mol. The van der Waals surface area contributed by atoms with Gasteiger partial charge in [-0.15, -0.1) is 0 Å². The lowest BCUT2D eigenvalue weighted by Gasteiger charge is -2.14. The highest BCUT2D eigenvalue weighted by molar-refractivity contribution is 9.10. The van der Waals surface area contributed by atoms with Gasteiger partial charge in [0.15, 0.2) is 6.10 Å². The zero-order valence-corrected chi connectivity index (χ0v) is 13.8. The third-order valence-corrected chi connectivity index (χ3v) is 3.75. The number of Topliss-reactive ketones (excluding diaryl/α,β-unsaturated/α-hetero) is 1. The van der Waals surface area contributed by atoms with E-state index in [4.69, 9.17) is 16.3 Å². The third-order valence-electron chi connectivity index (χ3n) is 2.93. The molecule has 2 aromatic rings. The normalized spacial score (nSPS) is 11.8. The molecule has 0 N–H and O–H groups in total. The van der Waals surface area contributed by atoms with Gasteiger partial charge in [0.05, 0.1) is 9.95 Å². The third kappa shape index (κ3) is 3.84. The predicted octanol–water partition coefficient (Wildman–Crippen LogP) is 4.66. The van der Waals surface area contributed by atoms with Crippen molar-refractivity contribution in [1.29, 1.82) is 0 Å². The van der Waals surface area contributed by atoms with E-state index in [1.807, 2.05) is 0 Å². The number of hydrogen-bond donors (Lipinski definition) is 0. The van der Waals surface area contributed by atoms with Gasteiger partial charge in [-0.1, -0.05) is 39.7 Å². The van der Waals surface area contributed by atoms with Crippen molar-refractivity contribution in [1.82, 2.24) is 0 Å². The molecule has 0 radical (unpaired) electrons. The maximum atomic E-state index is 12.3. The first kappa shape index (κ1) is 16.5. The molecule has 7 heteroatoms. The summed E-state index contributed by atoms with van der Waals surface area (Å²) in [6, 6.07) is 10.7. The maximum absolute atomic E-state index is 12.3. The lowest BCUT2D eigenvalue weighted by molar-refractivity contribution is -0.384. The van der Waals surface area contributed by atoms with Crippen LogP contribution in [0.2, 0.25) is 5.02 Å². The SMILES string of the molecule is C[C@H](Oc1ccc([N+](=O)[O-])cc1Cl)C(=O)c1ccc(Br)cc1. The number of ketones is 1.